The van der Waals surface area contributed by atoms with Crippen LogP contribution >= 0.6 is 47.2 Å². The van der Waals surface area contributed by atoms with Crippen molar-refractivity contribution >= 4 is 87.4 Å². The molecule has 1 amide bonds. The molecule has 5 atom stereocenters. The van der Waals surface area contributed by atoms with Gasteiger partial charge in [-0.1, -0.05) is 53.2 Å². The maximum Gasteiger partial charge on any atom is 0.303 e. The van der Waals surface area contributed by atoms with Crippen molar-refractivity contribution in [1.29, 1.82) is 0 Å². The fraction of sp³-hybridized carbons (Fsp3) is 0.417. The predicted octanol–water partition coefficient (Wildman–Crippen LogP) is 3.28. The molecule has 2 aliphatic rings. The van der Waals surface area contributed by atoms with Gasteiger partial charge in [0.25, 0.3) is 5.91 Å². The number of hydrogen-bond acceptors (Lipinski definition) is 12. The number of carbonyl (C=O) groups is 5. The van der Waals surface area contributed by atoms with E-state index in [1.165, 1.54) is 6.08 Å². The van der Waals surface area contributed by atoms with Gasteiger partial charge in [-0.05, 0) is 18.2 Å². The van der Waals surface area contributed by atoms with E-state index >= 15 is 0 Å². The third-order valence-corrected chi connectivity index (χ3v) is 7.31. The first-order valence-corrected chi connectivity index (χ1v) is 13.3. The third kappa shape index (κ3) is 7.48. The van der Waals surface area contributed by atoms with Gasteiger partial charge in [-0.2, -0.15) is 0 Å². The van der Waals surface area contributed by atoms with Crippen LogP contribution in [0.4, 0.5) is 0 Å². The zero-order valence-corrected chi connectivity index (χ0v) is 24.2. The Hall–Kier alpha value is -2.71. The smallest absolute Gasteiger partial charge is 0.303 e. The number of nitrogens with zero attached hydrogens (tertiary/aromatic N) is 1. The van der Waals surface area contributed by atoms with Crippen LogP contribution < -0.4 is 0 Å². The van der Waals surface area contributed by atoms with E-state index in [-0.39, 0.29) is 9.23 Å². The summed E-state index contributed by atoms with van der Waals surface area (Å²) in [4.78, 5) is 62.4. The molecule has 0 unspecified atom stereocenters. The lowest BCUT2D eigenvalue weighted by Crippen LogP contribution is -2.66. The lowest BCUT2D eigenvalue weighted by molar-refractivity contribution is -0.268. The second kappa shape index (κ2) is 13.1. The third-order valence-electron chi connectivity index (χ3n) is 5.32. The fourth-order valence-electron chi connectivity index (χ4n) is 3.89. The summed E-state index contributed by atoms with van der Waals surface area (Å²) in [5.74, 6) is -3.72. The molecule has 3 rings (SSSR count). The van der Waals surface area contributed by atoms with Crippen molar-refractivity contribution in [2.45, 2.75) is 58.3 Å². The van der Waals surface area contributed by atoms with Crippen LogP contribution in [0.5, 0.6) is 0 Å². The molecule has 1 aromatic rings. The first kappa shape index (κ1) is 30.8. The van der Waals surface area contributed by atoms with Crippen LogP contribution in [0.1, 0.15) is 33.3 Å². The molecule has 11 nitrogen and oxygen atoms in total. The van der Waals surface area contributed by atoms with Crippen molar-refractivity contribution in [2.24, 2.45) is 0 Å². The molecule has 0 aliphatic carbocycles. The second-order valence-electron chi connectivity index (χ2n) is 8.28. The minimum absolute atomic E-state index is 0.00956. The molecule has 1 aromatic carbocycles. The van der Waals surface area contributed by atoms with Gasteiger partial charge in [0.1, 0.15) is 12.7 Å². The van der Waals surface area contributed by atoms with Crippen molar-refractivity contribution in [1.82, 2.24) is 4.90 Å². The summed E-state index contributed by atoms with van der Waals surface area (Å²) in [5.41, 5.74) is 0.378. The molecular weight excluding hydrogens is 597 g/mol. The summed E-state index contributed by atoms with van der Waals surface area (Å²) in [6, 6.07) is 4.84. The van der Waals surface area contributed by atoms with E-state index in [9.17, 15) is 24.0 Å². The lowest BCUT2D eigenvalue weighted by Gasteiger charge is -2.46. The van der Waals surface area contributed by atoms with Gasteiger partial charge in [-0.15, -0.1) is 0 Å². The monoisotopic (exact) mass is 619 g/mol. The summed E-state index contributed by atoms with van der Waals surface area (Å²) in [7, 11) is 0. The highest BCUT2D eigenvalue weighted by Crippen LogP contribution is 2.40. The Balaban J connectivity index is 2.08. The van der Waals surface area contributed by atoms with Crippen LogP contribution in [0.3, 0.4) is 0 Å². The Bertz CT molecular complexity index is 1220. The SMILES string of the molecule is CC(=O)OC[C@@H]1O[C@@H](N2C(=O)/C(=C\c3c(Cl)cccc3Cl)SC2=S)[C@@H](OC(C)=O)[C@@H](OC(C)=O)[C@H]1OC(C)=O. The molecular formula is C24H23Cl2NO10S2. The minimum atomic E-state index is -1.49. The van der Waals surface area contributed by atoms with Crippen LogP contribution in [0.25, 0.3) is 6.08 Å². The van der Waals surface area contributed by atoms with Gasteiger partial charge in [0, 0.05) is 43.3 Å². The highest BCUT2D eigenvalue weighted by atomic mass is 35.5. The number of halogens is 2. The van der Waals surface area contributed by atoms with Crippen molar-refractivity contribution in [3.8, 4) is 0 Å². The van der Waals surface area contributed by atoms with Gasteiger partial charge < -0.3 is 23.7 Å². The Morgan fingerprint density at radius 3 is 2.03 bits per heavy atom. The molecule has 0 saturated carbocycles. The number of hydrogen-bond donors (Lipinski definition) is 0. The normalized spacial score (nSPS) is 25.8. The van der Waals surface area contributed by atoms with Crippen LogP contribution in [0.15, 0.2) is 23.1 Å². The Morgan fingerprint density at radius 2 is 1.49 bits per heavy atom. The molecule has 2 heterocycles. The molecule has 0 spiro atoms. The van der Waals surface area contributed by atoms with Crippen LogP contribution in [0, 0.1) is 0 Å². The summed E-state index contributed by atoms with van der Waals surface area (Å²) in [5, 5.41) is 0.583. The zero-order chi connectivity index (χ0) is 29.0. The van der Waals surface area contributed by atoms with E-state index in [0.717, 1.165) is 44.4 Å². The van der Waals surface area contributed by atoms with Crippen LogP contribution in [-0.4, -0.2) is 76.3 Å². The number of esters is 4. The number of thioether (sulfide) groups is 1. The summed E-state index contributed by atoms with van der Waals surface area (Å²) < 4.78 is 27.3. The summed E-state index contributed by atoms with van der Waals surface area (Å²) >= 11 is 18.9. The first-order chi connectivity index (χ1) is 18.3. The molecule has 39 heavy (non-hydrogen) atoms. The average molecular weight is 620 g/mol. The summed E-state index contributed by atoms with van der Waals surface area (Å²) in [6.45, 7) is 3.99. The maximum atomic E-state index is 13.6. The van der Waals surface area contributed by atoms with E-state index in [1.54, 1.807) is 18.2 Å². The van der Waals surface area contributed by atoms with E-state index in [1.807, 2.05) is 0 Å². The van der Waals surface area contributed by atoms with Gasteiger partial charge in [-0.25, -0.2) is 0 Å². The lowest BCUT2D eigenvalue weighted by atomic mass is 9.96. The minimum Gasteiger partial charge on any atom is -0.463 e. The quantitative estimate of drug-likeness (QED) is 0.192. The molecule has 2 saturated heterocycles. The van der Waals surface area contributed by atoms with E-state index in [0.29, 0.717) is 15.6 Å². The molecule has 2 aliphatic heterocycles. The van der Waals surface area contributed by atoms with Gasteiger partial charge in [0.15, 0.2) is 28.9 Å². The van der Waals surface area contributed by atoms with Crippen molar-refractivity contribution in [2.75, 3.05) is 6.61 Å². The van der Waals surface area contributed by atoms with Crippen molar-refractivity contribution < 1.29 is 47.7 Å². The first-order valence-electron chi connectivity index (χ1n) is 11.3. The van der Waals surface area contributed by atoms with E-state index in [2.05, 4.69) is 0 Å². The predicted molar refractivity (Wildman–Crippen MR) is 143 cm³/mol. The molecule has 0 bridgehead atoms. The van der Waals surface area contributed by atoms with Gasteiger partial charge >= 0.3 is 23.9 Å². The molecule has 2 fully saturated rings. The fourth-order valence-corrected chi connectivity index (χ4v) is 5.69. The zero-order valence-electron chi connectivity index (χ0n) is 21.0. The number of ether oxygens (including phenoxy) is 5. The van der Waals surface area contributed by atoms with Crippen molar-refractivity contribution in [3.63, 3.8) is 0 Å². The Kier molecular flexibility index (Phi) is 10.4. The highest BCUT2D eigenvalue weighted by Gasteiger charge is 2.56. The Morgan fingerprint density at radius 1 is 0.949 bits per heavy atom. The van der Waals surface area contributed by atoms with Crippen molar-refractivity contribution in [3.05, 3.63) is 38.7 Å². The van der Waals surface area contributed by atoms with Gasteiger partial charge in [-0.3, -0.25) is 28.9 Å². The number of thiocarbonyl (C=S) groups is 1. The molecule has 0 radical (unpaired) electrons. The van der Waals surface area contributed by atoms with Crippen LogP contribution in [0.2, 0.25) is 10.0 Å². The standard InChI is InChI=1S/C24H23Cl2NO10S2/c1-10(28)33-9-17-19(34-11(2)29)20(35-12(3)30)21(36-13(4)31)23(37-17)27-22(32)18(39-24(27)38)8-14-15(25)6-5-7-16(14)26/h5-8,17,19-21,23H,9H2,1-4H3/b18-8+/t17-,19-,20-,21-,23+/m0/s1. The molecule has 0 N–H and O–H groups in total. The number of carbonyl (C=O) groups excluding carboxylic acids is 5. The van der Waals surface area contributed by atoms with E-state index in [4.69, 9.17) is 59.1 Å². The molecule has 0 aromatic heterocycles. The van der Waals surface area contributed by atoms with Gasteiger partial charge in [0.2, 0.25) is 0 Å². The number of amides is 1. The molecule has 210 valence electrons. The van der Waals surface area contributed by atoms with E-state index < -0.39 is 67.0 Å². The molecule has 15 heteroatoms. The van der Waals surface area contributed by atoms with Crippen LogP contribution in [-0.2, 0) is 47.7 Å². The second-order valence-corrected chi connectivity index (χ2v) is 10.8. The van der Waals surface area contributed by atoms with Gasteiger partial charge in [0.05, 0.1) is 4.91 Å². The maximum absolute atomic E-state index is 13.6. The number of rotatable bonds is 7. The summed E-state index contributed by atoms with van der Waals surface area (Å²) in [6.07, 6.45) is -5.58. The topological polar surface area (TPSA) is 135 Å². The Labute approximate surface area is 243 Å². The number of benzene rings is 1. The largest absolute Gasteiger partial charge is 0.463 e. The average Bonchev–Trinajstić information content (AvgIpc) is 3.09. The highest BCUT2D eigenvalue weighted by molar-refractivity contribution is 8.26.